The summed E-state index contributed by atoms with van der Waals surface area (Å²) < 4.78 is 20.4. The number of hydrogen-bond donors (Lipinski definition) is 0. The maximum atomic E-state index is 10.2. The summed E-state index contributed by atoms with van der Waals surface area (Å²) in [5, 5.41) is 0. The summed E-state index contributed by atoms with van der Waals surface area (Å²) in [7, 11) is -2.80. The van der Waals surface area contributed by atoms with Crippen molar-refractivity contribution in [3.63, 3.8) is 0 Å². The van der Waals surface area contributed by atoms with E-state index in [0.717, 1.165) is 0 Å². The Hall–Kier alpha value is 0.0149. The Bertz CT molecular complexity index is 126. The van der Waals surface area contributed by atoms with Gasteiger partial charge in [0.15, 0.2) is 0 Å². The maximum Gasteiger partial charge on any atom is 0.278 e. The van der Waals surface area contributed by atoms with E-state index in [-0.39, 0.29) is 0 Å². The molecular formula is C3H8BO2S. The normalized spacial score (nSPS) is 11.1. The lowest BCUT2D eigenvalue weighted by atomic mass is 10.1. The zero-order valence-corrected chi connectivity index (χ0v) is 5.33. The molecule has 2 nitrogen and oxygen atoms in total. The van der Waals surface area contributed by atoms with E-state index in [1.165, 1.54) is 12.8 Å². The highest BCUT2D eigenvalue weighted by atomic mass is 32.2. The maximum absolute atomic E-state index is 10.2. The van der Waals surface area contributed by atoms with Crippen molar-refractivity contribution in [2.75, 3.05) is 6.26 Å². The third-order valence-electron chi connectivity index (χ3n) is 0.469. The topological polar surface area (TPSA) is 34.1 Å². The first-order valence-electron chi connectivity index (χ1n) is 2.09. The van der Waals surface area contributed by atoms with E-state index in [2.05, 4.69) is 0 Å². The van der Waals surface area contributed by atoms with Gasteiger partial charge in [-0.15, -0.1) is 0 Å². The highest BCUT2D eigenvalue weighted by Gasteiger charge is 1.99. The van der Waals surface area contributed by atoms with E-state index in [1.807, 2.05) is 0 Å². The molecule has 0 spiro atoms. The fourth-order valence-corrected chi connectivity index (χ4v) is 0.908. The molecule has 0 atom stereocenters. The fraction of sp³-hybridized carbons (Fsp3) is 1.00. The van der Waals surface area contributed by atoms with Gasteiger partial charge >= 0.3 is 0 Å². The average Bonchev–Trinajstić information content (AvgIpc) is 1.30. The number of hydrogen-bond acceptors (Lipinski definition) is 2. The molecule has 0 fully saturated rings. The molecule has 4 heteroatoms. The second kappa shape index (κ2) is 2.35. The zero-order valence-electron chi connectivity index (χ0n) is 4.51. The molecule has 0 aliphatic carbocycles. The van der Waals surface area contributed by atoms with Crippen LogP contribution in [-0.4, -0.2) is 21.2 Å². The SMILES string of the molecule is CC[B]S(C)(=O)=O. The molecule has 0 aliphatic heterocycles. The second-order valence-electron chi connectivity index (χ2n) is 1.40. The van der Waals surface area contributed by atoms with Crippen molar-refractivity contribution in [2.45, 2.75) is 13.2 Å². The van der Waals surface area contributed by atoms with E-state index in [9.17, 15) is 8.42 Å². The predicted molar refractivity (Wildman–Crippen MR) is 31.1 cm³/mol. The van der Waals surface area contributed by atoms with Gasteiger partial charge < -0.3 is 0 Å². The van der Waals surface area contributed by atoms with Crippen LogP contribution in [0.3, 0.4) is 0 Å². The summed E-state index contributed by atoms with van der Waals surface area (Å²) in [5.41, 5.74) is 0. The van der Waals surface area contributed by atoms with Crippen LogP contribution in [0.1, 0.15) is 6.92 Å². The molecule has 0 amide bonds. The minimum Gasteiger partial charge on any atom is -0.242 e. The number of rotatable bonds is 2. The van der Waals surface area contributed by atoms with Crippen molar-refractivity contribution < 1.29 is 8.42 Å². The lowest BCUT2D eigenvalue weighted by Gasteiger charge is -1.84. The summed E-state index contributed by atoms with van der Waals surface area (Å²) in [6, 6.07) is 0. The van der Waals surface area contributed by atoms with Crippen LogP contribution in [0.5, 0.6) is 0 Å². The molecular weight excluding hydrogens is 111 g/mol. The van der Waals surface area contributed by atoms with Gasteiger partial charge in [-0.1, -0.05) is 13.2 Å². The van der Waals surface area contributed by atoms with Crippen LogP contribution in [-0.2, 0) is 9.69 Å². The summed E-state index contributed by atoms with van der Waals surface area (Å²) in [5.74, 6) is 0. The smallest absolute Gasteiger partial charge is 0.242 e. The van der Waals surface area contributed by atoms with E-state index in [0.29, 0.717) is 6.32 Å². The molecule has 0 saturated carbocycles. The first-order valence-corrected chi connectivity index (χ1v) is 4.05. The predicted octanol–water partition coefficient (Wildman–Crippen LogP) is 0.0884. The van der Waals surface area contributed by atoms with Gasteiger partial charge in [0.1, 0.15) is 0 Å². The highest BCUT2D eigenvalue weighted by molar-refractivity contribution is 8.14. The largest absolute Gasteiger partial charge is 0.278 e. The van der Waals surface area contributed by atoms with E-state index >= 15 is 0 Å². The van der Waals surface area contributed by atoms with Crippen molar-refractivity contribution in [1.82, 2.24) is 0 Å². The van der Waals surface area contributed by atoms with Crippen molar-refractivity contribution in [3.05, 3.63) is 0 Å². The molecule has 7 heavy (non-hydrogen) atoms. The lowest BCUT2D eigenvalue weighted by molar-refractivity contribution is 0.614. The molecule has 0 aliphatic rings. The van der Waals surface area contributed by atoms with Crippen molar-refractivity contribution in [1.29, 1.82) is 0 Å². The van der Waals surface area contributed by atoms with Gasteiger partial charge in [-0.05, 0) is 0 Å². The van der Waals surface area contributed by atoms with Crippen LogP contribution < -0.4 is 0 Å². The lowest BCUT2D eigenvalue weighted by Crippen LogP contribution is -2.04. The Labute approximate surface area is 45.0 Å². The molecule has 0 aromatic heterocycles. The molecule has 0 unspecified atom stereocenters. The van der Waals surface area contributed by atoms with Crippen LogP contribution in [0.25, 0.3) is 0 Å². The van der Waals surface area contributed by atoms with Crippen LogP contribution >= 0.6 is 0 Å². The van der Waals surface area contributed by atoms with Crippen LogP contribution in [0.15, 0.2) is 0 Å². The first-order chi connectivity index (χ1) is 3.06. The molecule has 0 heterocycles. The van der Waals surface area contributed by atoms with Crippen molar-refractivity contribution in [2.24, 2.45) is 0 Å². The average molecular weight is 119 g/mol. The van der Waals surface area contributed by atoms with Gasteiger partial charge in [0.2, 0.25) is 0 Å². The third kappa shape index (κ3) is 6.01. The molecule has 0 rings (SSSR count). The fourth-order valence-electron chi connectivity index (χ4n) is 0.303. The highest BCUT2D eigenvalue weighted by Crippen LogP contribution is 1.81. The van der Waals surface area contributed by atoms with Gasteiger partial charge in [-0.3, -0.25) is 0 Å². The monoisotopic (exact) mass is 119 g/mol. The molecule has 0 saturated heterocycles. The van der Waals surface area contributed by atoms with Gasteiger partial charge in [0, 0.05) is 6.26 Å². The van der Waals surface area contributed by atoms with Crippen LogP contribution in [0, 0.1) is 0 Å². The summed E-state index contributed by atoms with van der Waals surface area (Å²) in [6.07, 6.45) is 1.79. The van der Waals surface area contributed by atoms with E-state index in [4.69, 9.17) is 0 Å². The molecule has 1 radical (unpaired) electrons. The minimum atomic E-state index is -2.80. The summed E-state index contributed by atoms with van der Waals surface area (Å²) in [6.45, 7) is 3.08. The van der Waals surface area contributed by atoms with E-state index < -0.39 is 9.69 Å². The molecule has 0 aromatic rings. The summed E-state index contributed by atoms with van der Waals surface area (Å²) >= 11 is 0. The molecule has 0 aromatic carbocycles. The van der Waals surface area contributed by atoms with E-state index in [1.54, 1.807) is 6.92 Å². The van der Waals surface area contributed by atoms with Gasteiger partial charge in [0.05, 0.1) is 9.69 Å². The van der Waals surface area contributed by atoms with Gasteiger partial charge in [-0.25, -0.2) is 8.42 Å². The Morgan fingerprint density at radius 2 is 2.00 bits per heavy atom. The Balaban J connectivity index is 3.60. The van der Waals surface area contributed by atoms with Crippen molar-refractivity contribution in [3.8, 4) is 0 Å². The molecule has 41 valence electrons. The Morgan fingerprint density at radius 1 is 1.57 bits per heavy atom. The third-order valence-corrected chi connectivity index (χ3v) is 1.41. The quantitative estimate of drug-likeness (QED) is 0.482. The zero-order chi connectivity index (χ0) is 5.91. The van der Waals surface area contributed by atoms with Gasteiger partial charge in [-0.2, -0.15) is 0 Å². The van der Waals surface area contributed by atoms with Crippen LogP contribution in [0.2, 0.25) is 6.32 Å². The standard InChI is InChI=1S/C3H8BO2S/c1-3-4-7(2,5)6/h3H2,1-2H3. The second-order valence-corrected chi connectivity index (χ2v) is 3.40. The van der Waals surface area contributed by atoms with Crippen molar-refractivity contribution >= 4 is 16.2 Å². The Kier molecular flexibility index (Phi) is 2.36. The summed E-state index contributed by atoms with van der Waals surface area (Å²) in [4.78, 5) is 0. The first kappa shape index (κ1) is 7.01. The molecule has 0 N–H and O–H groups in total. The Morgan fingerprint density at radius 3 is 2.00 bits per heavy atom. The minimum absolute atomic E-state index is 0.596. The van der Waals surface area contributed by atoms with Crippen LogP contribution in [0.4, 0.5) is 0 Å². The van der Waals surface area contributed by atoms with Gasteiger partial charge in [0.25, 0.3) is 6.56 Å². The molecule has 0 bridgehead atoms.